The van der Waals surface area contributed by atoms with Gasteiger partial charge in [0.1, 0.15) is 6.54 Å². The number of nitrogens with zero attached hydrogens (tertiary/aromatic N) is 1. The fourth-order valence-corrected chi connectivity index (χ4v) is 2.62. The molecule has 1 amide bonds. The molecule has 1 aliphatic carbocycles. The Labute approximate surface area is 102 Å². The van der Waals surface area contributed by atoms with Crippen LogP contribution in [0.2, 0.25) is 0 Å². The highest BCUT2D eigenvalue weighted by Crippen LogP contribution is 2.30. The van der Waals surface area contributed by atoms with E-state index in [1.54, 1.807) is 0 Å². The average Bonchev–Trinajstić information content (AvgIpc) is 2.58. The summed E-state index contributed by atoms with van der Waals surface area (Å²) in [6.07, 6.45) is 3.21. The smallest absolute Gasteiger partial charge is 0.239 e. The van der Waals surface area contributed by atoms with Gasteiger partial charge in [-0.1, -0.05) is 0 Å². The van der Waals surface area contributed by atoms with Crippen molar-refractivity contribution >= 4 is 5.91 Å². The molecule has 1 heterocycles. The Balaban J connectivity index is 2.25. The van der Waals surface area contributed by atoms with Crippen LogP contribution < -0.4 is 11.1 Å². The van der Waals surface area contributed by atoms with Crippen LogP contribution >= 0.6 is 0 Å². The lowest BCUT2D eigenvalue weighted by Gasteiger charge is -2.21. The van der Waals surface area contributed by atoms with E-state index in [1.807, 2.05) is 13.8 Å². The first-order chi connectivity index (χ1) is 8.13. The Morgan fingerprint density at radius 1 is 1.65 bits per heavy atom. The fourth-order valence-electron chi connectivity index (χ4n) is 2.62. The number of nitrogens with one attached hydrogen (secondary N) is 1. The molecule has 0 bridgehead atoms. The van der Waals surface area contributed by atoms with Gasteiger partial charge in [0.2, 0.25) is 5.91 Å². The van der Waals surface area contributed by atoms with E-state index in [9.17, 15) is 4.79 Å². The zero-order chi connectivity index (χ0) is 12.4. The highest BCUT2D eigenvalue weighted by molar-refractivity contribution is 5.76. The first-order valence-electron chi connectivity index (χ1n) is 6.34. The van der Waals surface area contributed by atoms with Crippen LogP contribution in [-0.2, 0) is 17.8 Å². The summed E-state index contributed by atoms with van der Waals surface area (Å²) in [6, 6.07) is 2.28. The lowest BCUT2D eigenvalue weighted by atomic mass is 9.93. The Morgan fingerprint density at radius 3 is 3.12 bits per heavy atom. The summed E-state index contributed by atoms with van der Waals surface area (Å²) in [6.45, 7) is 5.08. The van der Waals surface area contributed by atoms with E-state index < -0.39 is 0 Å². The summed E-state index contributed by atoms with van der Waals surface area (Å²) in [7, 11) is 0. The van der Waals surface area contributed by atoms with Crippen molar-refractivity contribution in [1.29, 1.82) is 0 Å². The van der Waals surface area contributed by atoms with E-state index >= 15 is 0 Å². The predicted octanol–water partition coefficient (Wildman–Crippen LogP) is 1.27. The van der Waals surface area contributed by atoms with Gasteiger partial charge >= 0.3 is 0 Å². The molecular formula is C13H21N3O. The molecule has 2 rings (SSSR count). The summed E-state index contributed by atoms with van der Waals surface area (Å²) >= 11 is 0. The van der Waals surface area contributed by atoms with Crippen LogP contribution in [-0.4, -0.2) is 17.0 Å². The molecule has 4 heteroatoms. The van der Waals surface area contributed by atoms with Crippen LogP contribution in [0.4, 0.5) is 0 Å². The maximum absolute atomic E-state index is 11.7. The van der Waals surface area contributed by atoms with Gasteiger partial charge in [-0.2, -0.15) is 0 Å². The standard InChI is InChI=1S/C13H21N3O/c1-3-15-13(17)8-16-9(2)7-10-11(14)5-4-6-12(10)16/h7,11H,3-6,8,14H2,1-2H3,(H,15,17). The average molecular weight is 235 g/mol. The van der Waals surface area contributed by atoms with Crippen LogP contribution in [0.15, 0.2) is 6.07 Å². The second-order valence-corrected chi connectivity index (χ2v) is 4.73. The van der Waals surface area contributed by atoms with E-state index in [1.165, 1.54) is 11.3 Å². The third kappa shape index (κ3) is 2.36. The van der Waals surface area contributed by atoms with Crippen LogP contribution in [0, 0.1) is 6.92 Å². The second kappa shape index (κ2) is 4.92. The van der Waals surface area contributed by atoms with Crippen molar-refractivity contribution in [3.8, 4) is 0 Å². The maximum atomic E-state index is 11.7. The minimum absolute atomic E-state index is 0.0770. The molecule has 1 atom stereocenters. The molecule has 0 aromatic carbocycles. The largest absolute Gasteiger partial charge is 0.355 e. The molecule has 1 aromatic rings. The first kappa shape index (κ1) is 12.2. The summed E-state index contributed by atoms with van der Waals surface area (Å²) in [5.74, 6) is 0.0770. The number of fused-ring (bicyclic) bond motifs is 1. The molecule has 1 aromatic heterocycles. The zero-order valence-electron chi connectivity index (χ0n) is 10.6. The highest BCUT2D eigenvalue weighted by Gasteiger charge is 2.22. The Kier molecular flexibility index (Phi) is 3.52. The number of hydrogen-bond acceptors (Lipinski definition) is 2. The van der Waals surface area contributed by atoms with Gasteiger partial charge in [0.05, 0.1) is 0 Å². The molecule has 0 fully saturated rings. The number of carbonyl (C=O) groups is 1. The van der Waals surface area contributed by atoms with Gasteiger partial charge in [-0.25, -0.2) is 0 Å². The number of rotatable bonds is 3. The van der Waals surface area contributed by atoms with E-state index in [2.05, 4.69) is 16.0 Å². The van der Waals surface area contributed by atoms with E-state index in [0.717, 1.165) is 25.0 Å². The molecule has 94 valence electrons. The Hall–Kier alpha value is -1.29. The number of likely N-dealkylation sites (N-methyl/N-ethyl adjacent to an activating group) is 1. The number of aromatic nitrogens is 1. The molecule has 1 aliphatic rings. The minimum Gasteiger partial charge on any atom is -0.355 e. The summed E-state index contributed by atoms with van der Waals surface area (Å²) < 4.78 is 2.11. The predicted molar refractivity (Wildman–Crippen MR) is 67.7 cm³/mol. The van der Waals surface area contributed by atoms with Crippen LogP contribution in [0.1, 0.15) is 42.8 Å². The summed E-state index contributed by atoms with van der Waals surface area (Å²) in [5.41, 5.74) is 9.73. The molecule has 0 radical (unpaired) electrons. The highest BCUT2D eigenvalue weighted by atomic mass is 16.1. The van der Waals surface area contributed by atoms with Crippen molar-refractivity contribution in [2.24, 2.45) is 5.73 Å². The van der Waals surface area contributed by atoms with Crippen molar-refractivity contribution < 1.29 is 4.79 Å². The van der Waals surface area contributed by atoms with Gasteiger partial charge in [0, 0.05) is 24.0 Å². The molecule has 0 aliphatic heterocycles. The van der Waals surface area contributed by atoms with Crippen molar-refractivity contribution in [3.63, 3.8) is 0 Å². The van der Waals surface area contributed by atoms with Crippen molar-refractivity contribution in [1.82, 2.24) is 9.88 Å². The third-order valence-electron chi connectivity index (χ3n) is 3.45. The monoisotopic (exact) mass is 235 g/mol. The van der Waals surface area contributed by atoms with E-state index in [4.69, 9.17) is 5.73 Å². The molecule has 4 nitrogen and oxygen atoms in total. The number of nitrogens with two attached hydrogens (primary N) is 1. The van der Waals surface area contributed by atoms with Crippen molar-refractivity contribution in [2.45, 2.75) is 45.7 Å². The summed E-state index contributed by atoms with van der Waals surface area (Å²) in [4.78, 5) is 11.7. The summed E-state index contributed by atoms with van der Waals surface area (Å²) in [5, 5.41) is 2.84. The molecule has 1 unspecified atom stereocenters. The SMILES string of the molecule is CCNC(=O)Cn1c(C)cc2c1CCCC2N. The van der Waals surface area contributed by atoms with Gasteiger partial charge in [-0.05, 0) is 44.7 Å². The van der Waals surface area contributed by atoms with Gasteiger partial charge in [-0.3, -0.25) is 4.79 Å². The Bertz CT molecular complexity index is 423. The number of carbonyl (C=O) groups excluding carboxylic acids is 1. The number of aryl methyl sites for hydroxylation is 1. The normalized spacial score (nSPS) is 18.9. The van der Waals surface area contributed by atoms with E-state index in [-0.39, 0.29) is 11.9 Å². The molecule has 3 N–H and O–H groups in total. The van der Waals surface area contributed by atoms with Gasteiger partial charge in [-0.15, -0.1) is 0 Å². The van der Waals surface area contributed by atoms with Gasteiger partial charge in [0.15, 0.2) is 0 Å². The maximum Gasteiger partial charge on any atom is 0.239 e. The van der Waals surface area contributed by atoms with E-state index in [0.29, 0.717) is 13.1 Å². The second-order valence-electron chi connectivity index (χ2n) is 4.73. The molecule has 17 heavy (non-hydrogen) atoms. The lowest BCUT2D eigenvalue weighted by molar-refractivity contribution is -0.121. The lowest BCUT2D eigenvalue weighted by Crippen LogP contribution is -2.29. The number of hydrogen-bond donors (Lipinski definition) is 2. The Morgan fingerprint density at radius 2 is 2.41 bits per heavy atom. The van der Waals surface area contributed by atoms with Crippen LogP contribution in [0.25, 0.3) is 0 Å². The molecule has 0 spiro atoms. The topological polar surface area (TPSA) is 60.0 Å². The molecular weight excluding hydrogens is 214 g/mol. The molecule has 0 saturated heterocycles. The van der Waals surface area contributed by atoms with Gasteiger partial charge in [0.25, 0.3) is 0 Å². The first-order valence-corrected chi connectivity index (χ1v) is 6.34. The van der Waals surface area contributed by atoms with Gasteiger partial charge < -0.3 is 15.6 Å². The molecule has 0 saturated carbocycles. The van der Waals surface area contributed by atoms with Crippen molar-refractivity contribution in [2.75, 3.05) is 6.54 Å². The quantitative estimate of drug-likeness (QED) is 0.829. The van der Waals surface area contributed by atoms with Crippen LogP contribution in [0.5, 0.6) is 0 Å². The number of amides is 1. The van der Waals surface area contributed by atoms with Crippen LogP contribution in [0.3, 0.4) is 0 Å². The van der Waals surface area contributed by atoms with Crippen molar-refractivity contribution in [3.05, 3.63) is 23.0 Å². The zero-order valence-corrected chi connectivity index (χ0v) is 10.6. The minimum atomic E-state index is 0.0770. The third-order valence-corrected chi connectivity index (χ3v) is 3.45. The fraction of sp³-hybridized carbons (Fsp3) is 0.615.